The quantitative estimate of drug-likeness (QED) is 0.829. The van der Waals surface area contributed by atoms with Crippen LogP contribution < -0.4 is 5.32 Å². The predicted molar refractivity (Wildman–Crippen MR) is 87.4 cm³/mol. The van der Waals surface area contributed by atoms with Crippen molar-refractivity contribution in [1.29, 1.82) is 0 Å². The Labute approximate surface area is 128 Å². The molecule has 0 saturated heterocycles. The first-order valence-electron chi connectivity index (χ1n) is 6.65. The summed E-state index contributed by atoms with van der Waals surface area (Å²) < 4.78 is 0.814. The third kappa shape index (κ3) is 3.48. The third-order valence-electron chi connectivity index (χ3n) is 3.20. The lowest BCUT2D eigenvalue weighted by molar-refractivity contribution is 0.102. The maximum Gasteiger partial charge on any atom is 0.256 e. The molecule has 0 aliphatic rings. The lowest BCUT2D eigenvalue weighted by atomic mass is 10.0. The zero-order valence-corrected chi connectivity index (χ0v) is 13.5. The van der Waals surface area contributed by atoms with E-state index < -0.39 is 0 Å². The van der Waals surface area contributed by atoms with E-state index >= 15 is 0 Å². The van der Waals surface area contributed by atoms with Crippen molar-refractivity contribution in [2.24, 2.45) is 0 Å². The lowest BCUT2D eigenvalue weighted by Gasteiger charge is -2.09. The van der Waals surface area contributed by atoms with Crippen LogP contribution in [0, 0.1) is 6.92 Å². The van der Waals surface area contributed by atoms with Gasteiger partial charge in [-0.3, -0.25) is 4.79 Å². The molecule has 20 heavy (non-hydrogen) atoms. The van der Waals surface area contributed by atoms with Gasteiger partial charge in [-0.1, -0.05) is 32.0 Å². The second-order valence-corrected chi connectivity index (χ2v) is 6.07. The van der Waals surface area contributed by atoms with Gasteiger partial charge in [0.15, 0.2) is 0 Å². The Hall–Kier alpha value is -1.61. The van der Waals surface area contributed by atoms with Gasteiger partial charge in [0.05, 0.1) is 5.56 Å². The van der Waals surface area contributed by atoms with Crippen LogP contribution in [0.4, 0.5) is 5.69 Å². The summed E-state index contributed by atoms with van der Waals surface area (Å²) in [5, 5.41) is 2.92. The second-order valence-electron chi connectivity index (χ2n) is 5.21. The summed E-state index contributed by atoms with van der Waals surface area (Å²) in [6.45, 7) is 6.30. The van der Waals surface area contributed by atoms with Crippen molar-refractivity contribution < 1.29 is 4.79 Å². The Balaban J connectivity index is 2.15. The summed E-state index contributed by atoms with van der Waals surface area (Å²) >= 11 is 3.43. The van der Waals surface area contributed by atoms with Gasteiger partial charge in [0, 0.05) is 10.2 Å². The van der Waals surface area contributed by atoms with E-state index in [1.165, 1.54) is 5.56 Å². The number of aryl methyl sites for hydroxylation is 1. The second kappa shape index (κ2) is 6.23. The monoisotopic (exact) mass is 331 g/mol. The summed E-state index contributed by atoms with van der Waals surface area (Å²) in [4.78, 5) is 12.2. The Morgan fingerprint density at radius 2 is 1.75 bits per heavy atom. The molecule has 0 spiro atoms. The number of carbonyl (C=O) groups excluding carboxylic acids is 1. The molecule has 2 aromatic carbocycles. The van der Waals surface area contributed by atoms with Gasteiger partial charge < -0.3 is 5.32 Å². The van der Waals surface area contributed by atoms with Crippen LogP contribution in [0.1, 0.15) is 41.3 Å². The molecule has 0 saturated carbocycles. The molecule has 1 N–H and O–H groups in total. The van der Waals surface area contributed by atoms with Gasteiger partial charge in [-0.25, -0.2) is 0 Å². The largest absolute Gasteiger partial charge is 0.322 e. The van der Waals surface area contributed by atoms with E-state index in [0.29, 0.717) is 11.5 Å². The number of anilines is 1. The summed E-state index contributed by atoms with van der Waals surface area (Å²) in [6.07, 6.45) is 0. The molecule has 0 aromatic heterocycles. The molecule has 2 nitrogen and oxygen atoms in total. The number of rotatable bonds is 3. The number of benzene rings is 2. The van der Waals surface area contributed by atoms with Crippen molar-refractivity contribution in [3.05, 3.63) is 63.6 Å². The highest BCUT2D eigenvalue weighted by atomic mass is 79.9. The van der Waals surface area contributed by atoms with E-state index in [1.807, 2.05) is 49.4 Å². The molecule has 0 radical (unpaired) electrons. The topological polar surface area (TPSA) is 29.1 Å². The molecule has 3 heteroatoms. The highest BCUT2D eigenvalue weighted by molar-refractivity contribution is 9.10. The van der Waals surface area contributed by atoms with Crippen molar-refractivity contribution in [1.82, 2.24) is 0 Å². The first-order valence-corrected chi connectivity index (χ1v) is 7.44. The standard InChI is InChI=1S/C17H18BrNO/c1-11(2)13-5-7-14(8-6-13)19-17(20)15-9-4-12(3)10-16(15)18/h4-11H,1-3H3,(H,19,20). The Bertz CT molecular complexity index is 617. The van der Waals surface area contributed by atoms with Crippen molar-refractivity contribution in [3.63, 3.8) is 0 Å². The van der Waals surface area contributed by atoms with E-state index in [2.05, 4.69) is 35.1 Å². The fraction of sp³-hybridized carbons (Fsp3) is 0.235. The highest BCUT2D eigenvalue weighted by Crippen LogP contribution is 2.21. The predicted octanol–water partition coefficient (Wildman–Crippen LogP) is 5.13. The van der Waals surface area contributed by atoms with E-state index in [1.54, 1.807) is 0 Å². The van der Waals surface area contributed by atoms with E-state index in [9.17, 15) is 4.79 Å². The van der Waals surface area contributed by atoms with Crippen LogP contribution in [-0.2, 0) is 0 Å². The summed E-state index contributed by atoms with van der Waals surface area (Å²) in [7, 11) is 0. The minimum atomic E-state index is -0.103. The zero-order valence-electron chi connectivity index (χ0n) is 11.9. The van der Waals surface area contributed by atoms with Gasteiger partial charge in [0.1, 0.15) is 0 Å². The van der Waals surface area contributed by atoms with Gasteiger partial charge in [-0.05, 0) is 64.2 Å². The van der Waals surface area contributed by atoms with Crippen molar-refractivity contribution >= 4 is 27.5 Å². The van der Waals surface area contributed by atoms with Gasteiger partial charge >= 0.3 is 0 Å². The maximum atomic E-state index is 12.2. The van der Waals surface area contributed by atoms with E-state index in [4.69, 9.17) is 0 Å². The molecule has 2 rings (SSSR count). The average molecular weight is 332 g/mol. The fourth-order valence-corrected chi connectivity index (χ4v) is 2.63. The number of hydrogen-bond donors (Lipinski definition) is 1. The van der Waals surface area contributed by atoms with Crippen LogP contribution in [0.2, 0.25) is 0 Å². The highest BCUT2D eigenvalue weighted by Gasteiger charge is 2.10. The fourth-order valence-electron chi connectivity index (χ4n) is 1.95. The van der Waals surface area contributed by atoms with Crippen LogP contribution in [0.15, 0.2) is 46.9 Å². The molecule has 0 unspecified atom stereocenters. The van der Waals surface area contributed by atoms with Crippen LogP contribution >= 0.6 is 15.9 Å². The van der Waals surface area contributed by atoms with E-state index in [0.717, 1.165) is 15.7 Å². The Kier molecular flexibility index (Phi) is 4.61. The van der Waals surface area contributed by atoms with Crippen LogP contribution in [0.3, 0.4) is 0 Å². The van der Waals surface area contributed by atoms with Crippen molar-refractivity contribution in [3.8, 4) is 0 Å². The molecule has 0 aliphatic carbocycles. The summed E-state index contributed by atoms with van der Waals surface area (Å²) in [6, 6.07) is 13.7. The first kappa shape index (κ1) is 14.8. The van der Waals surface area contributed by atoms with Gasteiger partial charge in [-0.2, -0.15) is 0 Å². The molecular weight excluding hydrogens is 314 g/mol. The van der Waals surface area contributed by atoms with Gasteiger partial charge in [-0.15, -0.1) is 0 Å². The number of amides is 1. The number of halogens is 1. The molecule has 104 valence electrons. The molecule has 0 heterocycles. The minimum Gasteiger partial charge on any atom is -0.322 e. The van der Waals surface area contributed by atoms with Crippen LogP contribution in [0.5, 0.6) is 0 Å². The smallest absolute Gasteiger partial charge is 0.256 e. The van der Waals surface area contributed by atoms with Gasteiger partial charge in [0.2, 0.25) is 0 Å². The normalized spacial score (nSPS) is 10.7. The van der Waals surface area contributed by atoms with Gasteiger partial charge in [0.25, 0.3) is 5.91 Å². The van der Waals surface area contributed by atoms with Crippen LogP contribution in [0.25, 0.3) is 0 Å². The summed E-state index contributed by atoms with van der Waals surface area (Å²) in [5.74, 6) is 0.389. The molecule has 1 amide bonds. The van der Waals surface area contributed by atoms with Crippen LogP contribution in [-0.4, -0.2) is 5.91 Å². The molecular formula is C17H18BrNO. The third-order valence-corrected chi connectivity index (χ3v) is 3.86. The van der Waals surface area contributed by atoms with E-state index in [-0.39, 0.29) is 5.91 Å². The zero-order chi connectivity index (χ0) is 14.7. The average Bonchev–Trinajstić information content (AvgIpc) is 2.39. The first-order chi connectivity index (χ1) is 9.47. The summed E-state index contributed by atoms with van der Waals surface area (Å²) in [5.41, 5.74) is 3.84. The molecule has 0 bridgehead atoms. The minimum absolute atomic E-state index is 0.103. The Morgan fingerprint density at radius 1 is 1.10 bits per heavy atom. The lowest BCUT2D eigenvalue weighted by Crippen LogP contribution is -2.12. The number of carbonyl (C=O) groups is 1. The Morgan fingerprint density at radius 3 is 2.30 bits per heavy atom. The number of hydrogen-bond acceptors (Lipinski definition) is 1. The SMILES string of the molecule is Cc1ccc(C(=O)Nc2ccc(C(C)C)cc2)c(Br)c1. The van der Waals surface area contributed by atoms with Crippen molar-refractivity contribution in [2.75, 3.05) is 5.32 Å². The maximum absolute atomic E-state index is 12.2. The molecule has 0 aliphatic heterocycles. The molecule has 0 atom stereocenters. The van der Waals surface area contributed by atoms with Crippen molar-refractivity contribution in [2.45, 2.75) is 26.7 Å². The molecule has 0 fully saturated rings. The molecule has 2 aromatic rings. The number of nitrogens with one attached hydrogen (secondary N) is 1.